The number of oxazole rings is 1. The highest BCUT2D eigenvalue weighted by Crippen LogP contribution is 2.28. The lowest BCUT2D eigenvalue weighted by Crippen LogP contribution is -2.36. The zero-order valence-electron chi connectivity index (χ0n) is 14.1. The third-order valence-corrected chi connectivity index (χ3v) is 3.97. The molecule has 1 saturated carbocycles. The van der Waals surface area contributed by atoms with Gasteiger partial charge in [0.05, 0.1) is 5.69 Å². The molecular weight excluding hydrogens is 262 g/mol. The van der Waals surface area contributed by atoms with E-state index in [1.54, 1.807) is 0 Å². The van der Waals surface area contributed by atoms with Gasteiger partial charge in [0, 0.05) is 19.1 Å². The van der Waals surface area contributed by atoms with Gasteiger partial charge in [0.2, 0.25) is 0 Å². The van der Waals surface area contributed by atoms with Crippen LogP contribution in [-0.4, -0.2) is 24.1 Å². The third-order valence-electron chi connectivity index (χ3n) is 3.97. The summed E-state index contributed by atoms with van der Waals surface area (Å²) < 4.78 is 5.77. The molecule has 4 nitrogen and oxygen atoms in total. The largest absolute Gasteiger partial charge is 0.432 e. The summed E-state index contributed by atoms with van der Waals surface area (Å²) in [5.41, 5.74) is 1.01. The van der Waals surface area contributed by atoms with Crippen molar-refractivity contribution >= 4 is 6.01 Å². The second kappa shape index (κ2) is 7.83. The minimum absolute atomic E-state index is 0.613. The summed E-state index contributed by atoms with van der Waals surface area (Å²) in [4.78, 5) is 7.09. The maximum Gasteiger partial charge on any atom is 0.297 e. The average molecular weight is 293 g/mol. The Kier molecular flexibility index (Phi) is 6.09. The standard InChI is InChI=1S/C17H31N3O/c1-13(2)9-18-10-15-12-21-17(19-15)20(11-14(3)4)16-7-5-6-8-16/h12-14,16,18H,5-11H2,1-4H3. The van der Waals surface area contributed by atoms with Crippen LogP contribution in [0.4, 0.5) is 6.01 Å². The Morgan fingerprint density at radius 2 is 1.95 bits per heavy atom. The van der Waals surface area contributed by atoms with E-state index < -0.39 is 0 Å². The van der Waals surface area contributed by atoms with Crippen molar-refractivity contribution in [2.75, 3.05) is 18.0 Å². The van der Waals surface area contributed by atoms with E-state index in [1.807, 2.05) is 6.26 Å². The molecule has 1 N–H and O–H groups in total. The van der Waals surface area contributed by atoms with Crippen LogP contribution in [-0.2, 0) is 6.54 Å². The molecule has 0 atom stereocenters. The molecule has 0 amide bonds. The van der Waals surface area contributed by atoms with E-state index in [-0.39, 0.29) is 0 Å². The molecule has 0 aromatic carbocycles. The monoisotopic (exact) mass is 293 g/mol. The minimum atomic E-state index is 0.613. The smallest absolute Gasteiger partial charge is 0.297 e. The third kappa shape index (κ3) is 5.03. The van der Waals surface area contributed by atoms with Crippen LogP contribution in [0.2, 0.25) is 0 Å². The van der Waals surface area contributed by atoms with E-state index in [4.69, 9.17) is 9.40 Å². The maximum atomic E-state index is 5.77. The summed E-state index contributed by atoms with van der Waals surface area (Å²) in [5.74, 6) is 1.28. The first-order valence-corrected chi connectivity index (χ1v) is 8.48. The lowest BCUT2D eigenvalue weighted by Gasteiger charge is -2.28. The molecule has 0 saturated heterocycles. The van der Waals surface area contributed by atoms with Crippen LogP contribution in [0.15, 0.2) is 10.7 Å². The number of aromatic nitrogens is 1. The van der Waals surface area contributed by atoms with E-state index in [1.165, 1.54) is 25.7 Å². The first-order chi connectivity index (χ1) is 10.1. The molecule has 1 fully saturated rings. The van der Waals surface area contributed by atoms with Gasteiger partial charge in [-0.15, -0.1) is 0 Å². The molecule has 1 aliphatic rings. The second-order valence-electron chi connectivity index (χ2n) is 7.13. The topological polar surface area (TPSA) is 41.3 Å². The average Bonchev–Trinajstić information content (AvgIpc) is 3.07. The Labute approximate surface area is 129 Å². The Bertz CT molecular complexity index is 408. The van der Waals surface area contributed by atoms with Crippen molar-refractivity contribution in [2.24, 2.45) is 11.8 Å². The summed E-state index contributed by atoms with van der Waals surface area (Å²) >= 11 is 0. The molecule has 4 heteroatoms. The van der Waals surface area contributed by atoms with Gasteiger partial charge in [-0.2, -0.15) is 4.98 Å². The first-order valence-electron chi connectivity index (χ1n) is 8.48. The Balaban J connectivity index is 1.97. The van der Waals surface area contributed by atoms with Gasteiger partial charge in [0.25, 0.3) is 6.01 Å². The predicted octanol–water partition coefficient (Wildman–Crippen LogP) is 3.83. The summed E-state index contributed by atoms with van der Waals surface area (Å²) in [5, 5.41) is 3.42. The van der Waals surface area contributed by atoms with E-state index in [9.17, 15) is 0 Å². The van der Waals surface area contributed by atoms with Crippen LogP contribution in [0.25, 0.3) is 0 Å². The van der Waals surface area contributed by atoms with Gasteiger partial charge in [-0.3, -0.25) is 0 Å². The van der Waals surface area contributed by atoms with Crippen LogP contribution in [0.3, 0.4) is 0 Å². The van der Waals surface area contributed by atoms with Gasteiger partial charge >= 0.3 is 0 Å². The number of nitrogens with one attached hydrogen (secondary N) is 1. The predicted molar refractivity (Wildman–Crippen MR) is 87.5 cm³/mol. The zero-order chi connectivity index (χ0) is 15.2. The van der Waals surface area contributed by atoms with Gasteiger partial charge in [0.1, 0.15) is 6.26 Å². The molecule has 1 aromatic rings. The first kappa shape index (κ1) is 16.3. The van der Waals surface area contributed by atoms with Gasteiger partial charge in [0.15, 0.2) is 0 Å². The van der Waals surface area contributed by atoms with Crippen LogP contribution in [0, 0.1) is 11.8 Å². The van der Waals surface area contributed by atoms with Crippen LogP contribution < -0.4 is 10.2 Å². The number of nitrogens with zero attached hydrogens (tertiary/aromatic N) is 2. The van der Waals surface area contributed by atoms with Crippen molar-refractivity contribution in [3.63, 3.8) is 0 Å². The van der Waals surface area contributed by atoms with Gasteiger partial charge in [-0.05, 0) is 31.2 Å². The highest BCUT2D eigenvalue weighted by atomic mass is 16.4. The van der Waals surface area contributed by atoms with Crippen LogP contribution in [0.5, 0.6) is 0 Å². The molecular formula is C17H31N3O. The molecule has 120 valence electrons. The molecule has 2 rings (SSSR count). The fourth-order valence-corrected chi connectivity index (χ4v) is 2.99. The highest BCUT2D eigenvalue weighted by molar-refractivity contribution is 5.29. The van der Waals surface area contributed by atoms with E-state index in [2.05, 4.69) is 37.9 Å². The molecule has 1 aliphatic carbocycles. The summed E-state index contributed by atoms with van der Waals surface area (Å²) in [6.45, 7) is 11.8. The normalized spacial score (nSPS) is 16.3. The van der Waals surface area contributed by atoms with Crippen LogP contribution >= 0.6 is 0 Å². The fourth-order valence-electron chi connectivity index (χ4n) is 2.99. The lowest BCUT2D eigenvalue weighted by molar-refractivity contribution is 0.463. The SMILES string of the molecule is CC(C)CNCc1coc(N(CC(C)C)C2CCCC2)n1. The van der Waals surface area contributed by atoms with Crippen molar-refractivity contribution in [2.45, 2.75) is 66.0 Å². The zero-order valence-corrected chi connectivity index (χ0v) is 14.1. The molecule has 0 unspecified atom stereocenters. The fraction of sp³-hybridized carbons (Fsp3) is 0.824. The molecule has 0 bridgehead atoms. The second-order valence-corrected chi connectivity index (χ2v) is 7.13. The van der Waals surface area contributed by atoms with Crippen molar-refractivity contribution in [1.82, 2.24) is 10.3 Å². The quantitative estimate of drug-likeness (QED) is 0.791. The van der Waals surface area contributed by atoms with E-state index in [0.29, 0.717) is 17.9 Å². The van der Waals surface area contributed by atoms with Gasteiger partial charge in [-0.1, -0.05) is 40.5 Å². The highest BCUT2D eigenvalue weighted by Gasteiger charge is 2.26. The lowest BCUT2D eigenvalue weighted by atomic mass is 10.1. The van der Waals surface area contributed by atoms with Crippen molar-refractivity contribution < 1.29 is 4.42 Å². The van der Waals surface area contributed by atoms with Crippen molar-refractivity contribution in [3.8, 4) is 0 Å². The van der Waals surface area contributed by atoms with Gasteiger partial charge < -0.3 is 14.6 Å². The van der Waals surface area contributed by atoms with Crippen molar-refractivity contribution in [3.05, 3.63) is 12.0 Å². The molecule has 21 heavy (non-hydrogen) atoms. The number of hydrogen-bond donors (Lipinski definition) is 1. The van der Waals surface area contributed by atoms with Crippen molar-refractivity contribution in [1.29, 1.82) is 0 Å². The summed E-state index contributed by atoms with van der Waals surface area (Å²) in [6.07, 6.45) is 7.03. The molecule has 0 spiro atoms. The molecule has 1 heterocycles. The summed E-state index contributed by atoms with van der Waals surface area (Å²) in [7, 11) is 0. The van der Waals surface area contributed by atoms with Crippen LogP contribution in [0.1, 0.15) is 59.1 Å². The van der Waals surface area contributed by atoms with Gasteiger partial charge in [-0.25, -0.2) is 0 Å². The minimum Gasteiger partial charge on any atom is -0.432 e. The van der Waals surface area contributed by atoms with E-state index >= 15 is 0 Å². The number of hydrogen-bond acceptors (Lipinski definition) is 4. The molecule has 1 aromatic heterocycles. The number of anilines is 1. The Morgan fingerprint density at radius 3 is 2.57 bits per heavy atom. The Morgan fingerprint density at radius 1 is 1.24 bits per heavy atom. The Hall–Kier alpha value is -1.03. The molecule has 0 radical (unpaired) electrons. The van der Waals surface area contributed by atoms with E-state index in [0.717, 1.165) is 31.3 Å². The molecule has 0 aliphatic heterocycles. The number of rotatable bonds is 8. The summed E-state index contributed by atoms with van der Waals surface area (Å²) in [6, 6.07) is 1.43. The maximum absolute atomic E-state index is 5.77.